The van der Waals surface area contributed by atoms with Crippen LogP contribution >= 0.6 is 0 Å². The second kappa shape index (κ2) is 7.38. The molecule has 5 heterocycles. The second-order valence-electron chi connectivity index (χ2n) is 9.32. The summed E-state index contributed by atoms with van der Waals surface area (Å²) in [7, 11) is 4.02. The van der Waals surface area contributed by atoms with Gasteiger partial charge in [0.1, 0.15) is 11.4 Å². The summed E-state index contributed by atoms with van der Waals surface area (Å²) >= 11 is 0. The van der Waals surface area contributed by atoms with Gasteiger partial charge in [-0.1, -0.05) is 12.1 Å². The van der Waals surface area contributed by atoms with E-state index in [2.05, 4.69) is 32.3 Å². The highest BCUT2D eigenvalue weighted by Gasteiger charge is 2.35. The van der Waals surface area contributed by atoms with Gasteiger partial charge in [0.2, 0.25) is 0 Å². The van der Waals surface area contributed by atoms with Gasteiger partial charge in [-0.05, 0) is 62.2 Å². The lowest BCUT2D eigenvalue weighted by Crippen LogP contribution is -2.53. The number of anilines is 2. The molecule has 3 fully saturated rings. The van der Waals surface area contributed by atoms with Crippen LogP contribution in [0.3, 0.4) is 0 Å². The van der Waals surface area contributed by atoms with Gasteiger partial charge in [0, 0.05) is 37.8 Å². The lowest BCUT2D eigenvalue weighted by Gasteiger charge is -2.45. The van der Waals surface area contributed by atoms with Crippen LogP contribution in [0, 0.1) is 5.92 Å². The Morgan fingerprint density at radius 3 is 2.59 bits per heavy atom. The molecule has 3 aliphatic rings. The summed E-state index contributed by atoms with van der Waals surface area (Å²) in [6.07, 6.45) is 2.42. The number of piperidine rings is 3. The highest BCUT2D eigenvalue weighted by Crippen LogP contribution is 2.36. The van der Waals surface area contributed by atoms with Crippen LogP contribution in [0.4, 0.5) is 11.4 Å². The topological polar surface area (TPSA) is 80.0 Å². The van der Waals surface area contributed by atoms with Crippen molar-refractivity contribution >= 4 is 33.3 Å². The van der Waals surface area contributed by atoms with E-state index in [0.717, 1.165) is 39.9 Å². The average molecular weight is 429 g/mol. The Morgan fingerprint density at radius 1 is 1.06 bits per heavy atom. The normalized spacial score (nSPS) is 22.5. The minimum Gasteiger partial charge on any atom is -0.379 e. The number of nitrogens with one attached hydrogen (secondary N) is 3. The Hall–Kier alpha value is -3.32. The third kappa shape index (κ3) is 3.15. The first-order chi connectivity index (χ1) is 15.6. The molecule has 3 N–H and O–H groups in total. The number of nitrogens with zero attached hydrogens (tertiary/aromatic N) is 3. The van der Waals surface area contributed by atoms with E-state index in [1.54, 1.807) is 0 Å². The molecule has 4 aromatic rings. The number of imidazole rings is 1. The smallest absolute Gasteiger partial charge is 0.261 e. The fraction of sp³-hybridized carbons (Fsp3) is 0.360. The third-order valence-corrected chi connectivity index (χ3v) is 7.13. The SMILES string of the molecule is CN(C)c1ccc2c(N[C@H]3CN4CCC3CC4)c(-c3nc4ccccc4[nH]3)c(=O)[nH]c2c1. The molecule has 2 aromatic heterocycles. The van der Waals surface area contributed by atoms with Crippen molar-refractivity contribution < 1.29 is 0 Å². The van der Waals surface area contributed by atoms with Crippen LogP contribution in [0.15, 0.2) is 47.3 Å². The van der Waals surface area contributed by atoms with E-state index in [-0.39, 0.29) is 5.56 Å². The van der Waals surface area contributed by atoms with E-state index in [1.165, 1.54) is 25.9 Å². The lowest BCUT2D eigenvalue weighted by atomic mass is 9.83. The number of fused-ring (bicyclic) bond motifs is 5. The summed E-state index contributed by atoms with van der Waals surface area (Å²) in [4.78, 5) is 29.3. The van der Waals surface area contributed by atoms with Gasteiger partial charge >= 0.3 is 0 Å². The van der Waals surface area contributed by atoms with Gasteiger partial charge in [0.25, 0.3) is 5.56 Å². The zero-order valence-electron chi connectivity index (χ0n) is 18.5. The molecule has 164 valence electrons. The van der Waals surface area contributed by atoms with Crippen molar-refractivity contribution in [2.75, 3.05) is 43.9 Å². The predicted molar refractivity (Wildman–Crippen MR) is 131 cm³/mol. The van der Waals surface area contributed by atoms with Crippen molar-refractivity contribution in [3.05, 3.63) is 52.8 Å². The average Bonchev–Trinajstić information content (AvgIpc) is 3.23. The van der Waals surface area contributed by atoms with Gasteiger partial charge in [-0.2, -0.15) is 0 Å². The minimum atomic E-state index is -0.128. The van der Waals surface area contributed by atoms with Crippen LogP contribution in [0.25, 0.3) is 33.3 Å². The van der Waals surface area contributed by atoms with Gasteiger partial charge in [-0.3, -0.25) is 4.79 Å². The van der Waals surface area contributed by atoms with E-state index in [0.29, 0.717) is 23.3 Å². The standard InChI is InChI=1S/C25H28N6O/c1-30(2)16-7-8-17-20(13-16)29-25(32)22(24-27-18-5-3-4-6-19(18)28-24)23(17)26-21-14-31-11-9-15(21)10-12-31/h3-8,13,15,21H,9-12,14H2,1-2H3,(H,27,28)(H2,26,29,32)/t21-/m0/s1. The van der Waals surface area contributed by atoms with Crippen LogP contribution in [-0.2, 0) is 0 Å². The summed E-state index contributed by atoms with van der Waals surface area (Å²) in [5, 5.41) is 4.84. The van der Waals surface area contributed by atoms with Crippen LogP contribution in [0.1, 0.15) is 12.8 Å². The number of benzene rings is 2. The molecule has 7 nitrogen and oxygen atoms in total. The zero-order valence-corrected chi connectivity index (χ0v) is 18.5. The molecule has 2 bridgehead atoms. The summed E-state index contributed by atoms with van der Waals surface area (Å²) in [5.41, 5.74) is 5.02. The number of H-pyrrole nitrogens is 2. The van der Waals surface area contributed by atoms with Gasteiger partial charge in [-0.15, -0.1) is 0 Å². The number of aromatic nitrogens is 3. The fourth-order valence-electron chi connectivity index (χ4n) is 5.33. The molecule has 3 aliphatic heterocycles. The lowest BCUT2D eigenvalue weighted by molar-refractivity contribution is 0.0976. The molecule has 3 saturated heterocycles. The maximum absolute atomic E-state index is 13.4. The maximum Gasteiger partial charge on any atom is 0.261 e. The van der Waals surface area contributed by atoms with Crippen LogP contribution in [0.5, 0.6) is 0 Å². The maximum atomic E-state index is 13.4. The van der Waals surface area contributed by atoms with E-state index in [1.807, 2.05) is 49.3 Å². The summed E-state index contributed by atoms with van der Waals surface area (Å²) in [6.45, 7) is 3.39. The molecule has 2 aromatic carbocycles. The molecule has 0 saturated carbocycles. The van der Waals surface area contributed by atoms with Gasteiger partial charge in [0.05, 0.1) is 22.2 Å². The van der Waals surface area contributed by atoms with Crippen LogP contribution in [-0.4, -0.2) is 59.6 Å². The molecule has 0 amide bonds. The molecule has 0 spiro atoms. The van der Waals surface area contributed by atoms with Crippen molar-refractivity contribution in [3.8, 4) is 11.4 Å². The molecular weight excluding hydrogens is 400 g/mol. The molecule has 1 atom stereocenters. The monoisotopic (exact) mass is 428 g/mol. The van der Waals surface area contributed by atoms with Crippen LogP contribution < -0.4 is 15.8 Å². The fourth-order valence-corrected chi connectivity index (χ4v) is 5.33. The van der Waals surface area contributed by atoms with Crippen molar-refractivity contribution in [2.24, 2.45) is 5.92 Å². The number of rotatable bonds is 4. The van der Waals surface area contributed by atoms with E-state index < -0.39 is 0 Å². The molecule has 7 heteroatoms. The van der Waals surface area contributed by atoms with E-state index in [4.69, 9.17) is 4.98 Å². The molecule has 0 radical (unpaired) electrons. The summed E-state index contributed by atoms with van der Waals surface area (Å²) in [5.74, 6) is 1.24. The van der Waals surface area contributed by atoms with E-state index in [9.17, 15) is 4.79 Å². The minimum absolute atomic E-state index is 0.128. The summed E-state index contributed by atoms with van der Waals surface area (Å²) in [6, 6.07) is 14.5. The first-order valence-corrected chi connectivity index (χ1v) is 11.4. The molecule has 7 rings (SSSR count). The largest absolute Gasteiger partial charge is 0.379 e. The Morgan fingerprint density at radius 2 is 1.88 bits per heavy atom. The molecule has 0 aliphatic carbocycles. The first-order valence-electron chi connectivity index (χ1n) is 11.4. The first kappa shape index (κ1) is 19.4. The molecule has 32 heavy (non-hydrogen) atoms. The van der Waals surface area contributed by atoms with Crippen molar-refractivity contribution in [2.45, 2.75) is 18.9 Å². The Balaban J connectivity index is 1.55. The van der Waals surface area contributed by atoms with Crippen molar-refractivity contribution in [1.29, 1.82) is 0 Å². The van der Waals surface area contributed by atoms with Crippen LogP contribution in [0.2, 0.25) is 0 Å². The molecule has 0 unspecified atom stereocenters. The predicted octanol–water partition coefficient (Wildman–Crippen LogP) is 3.64. The number of hydrogen-bond acceptors (Lipinski definition) is 5. The van der Waals surface area contributed by atoms with Gasteiger partial charge in [0.15, 0.2) is 0 Å². The second-order valence-corrected chi connectivity index (χ2v) is 9.32. The third-order valence-electron chi connectivity index (χ3n) is 7.13. The van der Waals surface area contributed by atoms with Crippen molar-refractivity contribution in [1.82, 2.24) is 19.9 Å². The Kier molecular flexibility index (Phi) is 4.47. The number of pyridine rings is 1. The highest BCUT2D eigenvalue weighted by molar-refractivity contribution is 6.00. The van der Waals surface area contributed by atoms with Gasteiger partial charge in [-0.25, -0.2) is 4.98 Å². The Bertz CT molecular complexity index is 1330. The number of aromatic amines is 2. The van der Waals surface area contributed by atoms with Gasteiger partial charge < -0.3 is 25.1 Å². The molecular formula is C25H28N6O. The van der Waals surface area contributed by atoms with E-state index >= 15 is 0 Å². The quantitative estimate of drug-likeness (QED) is 0.462. The Labute approximate surface area is 186 Å². The zero-order chi connectivity index (χ0) is 21.8. The number of para-hydroxylation sites is 2. The van der Waals surface area contributed by atoms with Crippen molar-refractivity contribution in [3.63, 3.8) is 0 Å². The summed E-state index contributed by atoms with van der Waals surface area (Å²) < 4.78 is 0. The highest BCUT2D eigenvalue weighted by atomic mass is 16.1. The number of hydrogen-bond donors (Lipinski definition) is 3.